The first kappa shape index (κ1) is 39.9. The van der Waals surface area contributed by atoms with Crippen molar-refractivity contribution in [3.05, 3.63) is 132 Å². The van der Waals surface area contributed by atoms with Gasteiger partial charge in [0.2, 0.25) is 0 Å². The molecule has 0 aliphatic rings. The molecule has 0 bridgehead atoms. The minimum absolute atomic E-state index is 0.0232. The van der Waals surface area contributed by atoms with Crippen LogP contribution in [0.1, 0.15) is 88.0 Å². The van der Waals surface area contributed by atoms with Gasteiger partial charge in [-0.25, -0.2) is 0 Å². The van der Waals surface area contributed by atoms with Crippen LogP contribution in [0.15, 0.2) is 130 Å². The predicted molar refractivity (Wildman–Crippen MR) is 212 cm³/mol. The first-order chi connectivity index (χ1) is 25.7. The Morgan fingerprint density at radius 1 is 0.698 bits per heavy atom. The van der Waals surface area contributed by atoms with Crippen molar-refractivity contribution in [2.45, 2.75) is 98.5 Å². The third-order valence-corrected chi connectivity index (χ3v) is 11.5. The van der Waals surface area contributed by atoms with Gasteiger partial charge in [0.05, 0.1) is 12.7 Å². The first-order valence-electron chi connectivity index (χ1n) is 18.5. The number of phenolic OH excluding ortho intramolecular Hbond substituents is 1. The molecule has 0 aliphatic heterocycles. The summed E-state index contributed by atoms with van der Waals surface area (Å²) in [6, 6.07) is 33.3. The smallest absolute Gasteiger partial charge is 0.340 e. The molecular weight excluding hydrogens is 705 g/mol. The summed E-state index contributed by atoms with van der Waals surface area (Å²) in [6.07, 6.45) is 6.91. The molecule has 5 aromatic carbocycles. The van der Waals surface area contributed by atoms with Gasteiger partial charge < -0.3 is 24.2 Å². The van der Waals surface area contributed by atoms with Crippen molar-refractivity contribution in [2.75, 3.05) is 6.61 Å². The molecular formula is C44H50O7S2. The number of benzene rings is 5. The lowest BCUT2D eigenvalue weighted by Crippen LogP contribution is -2.12. The van der Waals surface area contributed by atoms with Gasteiger partial charge >= 0.3 is 10.1 Å². The van der Waals surface area contributed by atoms with Crippen molar-refractivity contribution < 1.29 is 32.7 Å². The molecule has 0 saturated heterocycles. The van der Waals surface area contributed by atoms with Crippen LogP contribution in [0, 0.1) is 0 Å². The van der Waals surface area contributed by atoms with Gasteiger partial charge in [-0.1, -0.05) is 119 Å². The molecule has 53 heavy (non-hydrogen) atoms. The van der Waals surface area contributed by atoms with Gasteiger partial charge in [-0.05, 0) is 102 Å². The number of unbranched alkanes of at least 4 members (excludes halogenated alkanes) is 5. The Kier molecular flexibility index (Phi) is 14.8. The third kappa shape index (κ3) is 11.4. The maximum atomic E-state index is 14.0. The van der Waals surface area contributed by atoms with Crippen LogP contribution in [0.4, 0.5) is 0 Å². The Hall–Kier alpha value is -4.28. The minimum atomic E-state index is -4.31. The number of phenols is 1. The highest BCUT2D eigenvalue weighted by molar-refractivity contribution is 8.00. The lowest BCUT2D eigenvalue weighted by atomic mass is 9.91. The number of para-hydroxylation sites is 1. The zero-order valence-electron chi connectivity index (χ0n) is 30.5. The largest absolute Gasteiger partial charge is 0.508 e. The number of aromatic hydroxyl groups is 1. The van der Waals surface area contributed by atoms with Crippen LogP contribution in [-0.4, -0.2) is 36.4 Å². The molecule has 280 valence electrons. The monoisotopic (exact) mass is 754 g/mol. The van der Waals surface area contributed by atoms with E-state index in [1.165, 1.54) is 24.6 Å². The predicted octanol–water partition coefficient (Wildman–Crippen LogP) is 10.5. The van der Waals surface area contributed by atoms with Crippen molar-refractivity contribution in [2.24, 2.45) is 0 Å². The molecule has 2 unspecified atom stereocenters. The summed E-state index contributed by atoms with van der Waals surface area (Å²) < 4.78 is 39.3. The Morgan fingerprint density at radius 3 is 2.17 bits per heavy atom. The van der Waals surface area contributed by atoms with Gasteiger partial charge in [0.15, 0.2) is 0 Å². The number of hydrogen-bond donors (Lipinski definition) is 3. The van der Waals surface area contributed by atoms with E-state index in [0.717, 1.165) is 48.3 Å². The number of aliphatic hydroxyl groups is 2. The number of aliphatic hydroxyl groups excluding tert-OH is 2. The fraction of sp³-hybridized carbons (Fsp3) is 0.318. The molecule has 0 radical (unpaired) electrons. The molecule has 5 aromatic rings. The number of rotatable bonds is 20. The second-order valence-corrected chi connectivity index (χ2v) is 15.9. The second kappa shape index (κ2) is 19.7. The first-order valence-corrected chi connectivity index (χ1v) is 20.7. The maximum Gasteiger partial charge on any atom is 0.340 e. The summed E-state index contributed by atoms with van der Waals surface area (Å²) in [5.74, 6) is 0.868. The molecule has 5 rings (SSSR count). The maximum absolute atomic E-state index is 14.0. The Morgan fingerprint density at radius 2 is 1.42 bits per heavy atom. The highest BCUT2D eigenvalue weighted by Gasteiger charge is 2.25. The van der Waals surface area contributed by atoms with E-state index in [-0.39, 0.29) is 16.4 Å². The molecule has 0 aromatic heterocycles. The third-order valence-electron chi connectivity index (χ3n) is 9.05. The van der Waals surface area contributed by atoms with Crippen molar-refractivity contribution in [3.63, 3.8) is 0 Å². The van der Waals surface area contributed by atoms with E-state index in [0.29, 0.717) is 46.6 Å². The fourth-order valence-corrected chi connectivity index (χ4v) is 8.43. The van der Waals surface area contributed by atoms with Crippen LogP contribution in [0.25, 0.3) is 11.1 Å². The summed E-state index contributed by atoms with van der Waals surface area (Å²) in [4.78, 5) is 1.27. The van der Waals surface area contributed by atoms with Crippen LogP contribution < -0.4 is 8.92 Å². The minimum Gasteiger partial charge on any atom is -0.508 e. The van der Waals surface area contributed by atoms with Gasteiger partial charge in [0.1, 0.15) is 28.2 Å². The molecule has 0 amide bonds. The number of ether oxygens (including phenoxy) is 1. The van der Waals surface area contributed by atoms with Gasteiger partial charge in [-0.3, -0.25) is 0 Å². The van der Waals surface area contributed by atoms with Crippen LogP contribution in [0.3, 0.4) is 0 Å². The summed E-state index contributed by atoms with van der Waals surface area (Å²) in [7, 11) is -4.31. The van der Waals surface area contributed by atoms with E-state index in [2.05, 4.69) is 13.8 Å². The number of hydrogen-bond acceptors (Lipinski definition) is 8. The lowest BCUT2D eigenvalue weighted by molar-refractivity contribution is 0.160. The van der Waals surface area contributed by atoms with Gasteiger partial charge in [-0.2, -0.15) is 8.42 Å². The van der Waals surface area contributed by atoms with Crippen molar-refractivity contribution in [3.8, 4) is 28.4 Å². The summed E-state index contributed by atoms with van der Waals surface area (Å²) in [6.45, 7) is 4.92. The molecule has 0 aliphatic carbocycles. The van der Waals surface area contributed by atoms with E-state index < -0.39 is 22.3 Å². The van der Waals surface area contributed by atoms with Crippen LogP contribution in [0.5, 0.6) is 17.2 Å². The van der Waals surface area contributed by atoms with Crippen molar-refractivity contribution in [1.29, 1.82) is 0 Å². The molecule has 0 spiro atoms. The second-order valence-electron chi connectivity index (χ2n) is 13.2. The topological polar surface area (TPSA) is 113 Å². The van der Waals surface area contributed by atoms with E-state index in [9.17, 15) is 23.7 Å². The zero-order valence-corrected chi connectivity index (χ0v) is 32.1. The van der Waals surface area contributed by atoms with Crippen molar-refractivity contribution in [1.82, 2.24) is 0 Å². The van der Waals surface area contributed by atoms with E-state index in [4.69, 9.17) is 8.92 Å². The summed E-state index contributed by atoms with van der Waals surface area (Å²) in [5.41, 5.74) is 2.75. The Bertz CT molecular complexity index is 2000. The fourth-order valence-electron chi connectivity index (χ4n) is 6.14. The Labute approximate surface area is 318 Å². The normalized spacial score (nSPS) is 12.7. The molecule has 0 saturated carbocycles. The van der Waals surface area contributed by atoms with E-state index in [1.54, 1.807) is 72.8 Å². The molecule has 0 fully saturated rings. The van der Waals surface area contributed by atoms with E-state index in [1.807, 2.05) is 42.5 Å². The lowest BCUT2D eigenvalue weighted by Gasteiger charge is -2.20. The molecule has 2 atom stereocenters. The molecule has 3 N–H and O–H groups in total. The van der Waals surface area contributed by atoms with Crippen LogP contribution >= 0.6 is 11.8 Å². The zero-order chi connectivity index (χ0) is 37.6. The quantitative estimate of drug-likeness (QED) is 0.0532. The van der Waals surface area contributed by atoms with Gasteiger partial charge in [0.25, 0.3) is 0 Å². The van der Waals surface area contributed by atoms with Crippen molar-refractivity contribution >= 4 is 21.9 Å². The summed E-state index contributed by atoms with van der Waals surface area (Å²) in [5, 5.41) is 33.4. The van der Waals surface area contributed by atoms with Crippen LogP contribution in [-0.2, 0) is 16.5 Å². The standard InChI is InChI=1S/C44H50O7S2/c1-3-5-7-8-10-15-34(45)29-32-20-26-41(46)40(30-32)44(47)39-19-14-13-18-38(39)33-21-27-42(52-37-24-22-35(23-25-37)50-28-6-4-2)43(31-33)53(48,49)51-36-16-11-9-12-17-36/h9,11-14,16-27,30-31,34,44-47H,3-8,10,15,28-29H2,1-2H3. The van der Waals surface area contributed by atoms with Gasteiger partial charge in [-0.15, -0.1) is 0 Å². The van der Waals surface area contributed by atoms with Gasteiger partial charge in [0, 0.05) is 15.4 Å². The summed E-state index contributed by atoms with van der Waals surface area (Å²) >= 11 is 1.30. The molecule has 0 heterocycles. The SMILES string of the molecule is CCCCCCCC(O)Cc1ccc(O)c(C(O)c2ccccc2-c2ccc(Sc3ccc(OCCCC)cc3)c(S(=O)(=O)Oc3ccccc3)c2)c1. The highest BCUT2D eigenvalue weighted by Crippen LogP contribution is 2.40. The molecule has 9 heteroatoms. The molecule has 7 nitrogen and oxygen atoms in total. The van der Waals surface area contributed by atoms with E-state index >= 15 is 0 Å². The average molecular weight is 755 g/mol. The Balaban J connectivity index is 1.45. The highest BCUT2D eigenvalue weighted by atomic mass is 32.2. The van der Waals surface area contributed by atoms with Crippen LogP contribution in [0.2, 0.25) is 0 Å². The average Bonchev–Trinajstić information content (AvgIpc) is 3.16.